The van der Waals surface area contributed by atoms with Gasteiger partial charge in [0.1, 0.15) is 0 Å². The van der Waals surface area contributed by atoms with Crippen molar-refractivity contribution >= 4 is 5.78 Å². The molecule has 0 saturated carbocycles. The van der Waals surface area contributed by atoms with Gasteiger partial charge in [-0.2, -0.15) is 0 Å². The summed E-state index contributed by atoms with van der Waals surface area (Å²) < 4.78 is 10.4. The Kier molecular flexibility index (Phi) is 3.51. The summed E-state index contributed by atoms with van der Waals surface area (Å²) in [5.41, 5.74) is 0.556. The predicted molar refractivity (Wildman–Crippen MR) is 58.7 cm³/mol. The third-order valence-corrected chi connectivity index (χ3v) is 2.76. The van der Waals surface area contributed by atoms with E-state index in [0.717, 1.165) is 19.4 Å². The van der Waals surface area contributed by atoms with Crippen LogP contribution in [-0.4, -0.2) is 31.1 Å². The second kappa shape index (κ2) is 5.07. The summed E-state index contributed by atoms with van der Waals surface area (Å²) in [7, 11) is 1.52. The van der Waals surface area contributed by atoms with Crippen LogP contribution in [0.25, 0.3) is 0 Å². The van der Waals surface area contributed by atoms with Crippen molar-refractivity contribution in [1.29, 1.82) is 0 Å². The maximum atomic E-state index is 12.2. The fourth-order valence-electron chi connectivity index (χ4n) is 1.91. The number of rotatable bonds is 3. The summed E-state index contributed by atoms with van der Waals surface area (Å²) in [5, 5.41) is 0. The lowest BCUT2D eigenvalue weighted by molar-refractivity contribution is 0.0459. The molecule has 1 unspecified atom stereocenters. The van der Waals surface area contributed by atoms with Crippen LogP contribution in [0.2, 0.25) is 0 Å². The van der Waals surface area contributed by atoms with Gasteiger partial charge in [-0.15, -0.1) is 0 Å². The van der Waals surface area contributed by atoms with Crippen LogP contribution in [0.1, 0.15) is 23.2 Å². The average Bonchev–Trinajstić information content (AvgIpc) is 2.39. The van der Waals surface area contributed by atoms with E-state index in [1.165, 1.54) is 7.11 Å². The smallest absolute Gasteiger partial charge is 0.224 e. The number of ketones is 1. The summed E-state index contributed by atoms with van der Waals surface area (Å²) in [6.45, 7) is 1.27. The molecular formula is C12H15NO3. The van der Waals surface area contributed by atoms with Crippen LogP contribution >= 0.6 is 0 Å². The Hall–Kier alpha value is -1.42. The highest BCUT2D eigenvalue weighted by Crippen LogP contribution is 2.23. The molecule has 0 bridgehead atoms. The zero-order valence-corrected chi connectivity index (χ0v) is 9.31. The number of carbonyl (C=O) groups is 1. The zero-order chi connectivity index (χ0) is 11.4. The Bertz CT molecular complexity index is 372. The lowest BCUT2D eigenvalue weighted by Crippen LogP contribution is -2.25. The molecule has 0 aliphatic carbocycles. The number of carbonyl (C=O) groups excluding carboxylic acids is 1. The molecule has 2 rings (SSSR count). The minimum atomic E-state index is -0.0492. The monoisotopic (exact) mass is 221 g/mol. The third kappa shape index (κ3) is 2.22. The number of Topliss-reactive ketones (excluding diaryl/α,β-unsaturated/α-hetero) is 1. The van der Waals surface area contributed by atoms with Crippen molar-refractivity contribution < 1.29 is 14.3 Å². The first kappa shape index (κ1) is 11.1. The van der Waals surface area contributed by atoms with Gasteiger partial charge in [-0.3, -0.25) is 4.79 Å². The van der Waals surface area contributed by atoms with Crippen molar-refractivity contribution in [2.75, 3.05) is 20.3 Å². The van der Waals surface area contributed by atoms with Crippen molar-refractivity contribution in [1.82, 2.24) is 4.98 Å². The van der Waals surface area contributed by atoms with Crippen molar-refractivity contribution in [2.45, 2.75) is 12.8 Å². The van der Waals surface area contributed by atoms with E-state index < -0.39 is 0 Å². The molecular weight excluding hydrogens is 206 g/mol. The van der Waals surface area contributed by atoms with E-state index in [4.69, 9.17) is 9.47 Å². The van der Waals surface area contributed by atoms with Gasteiger partial charge in [0.25, 0.3) is 0 Å². The van der Waals surface area contributed by atoms with Gasteiger partial charge in [-0.25, -0.2) is 4.98 Å². The molecule has 86 valence electrons. The van der Waals surface area contributed by atoms with Crippen molar-refractivity contribution in [2.24, 2.45) is 5.92 Å². The first-order valence-corrected chi connectivity index (χ1v) is 5.44. The van der Waals surface area contributed by atoms with Gasteiger partial charge < -0.3 is 9.47 Å². The second-order valence-corrected chi connectivity index (χ2v) is 3.84. The molecule has 4 heteroatoms. The molecule has 1 aliphatic rings. The summed E-state index contributed by atoms with van der Waals surface area (Å²) in [4.78, 5) is 16.2. The molecule has 0 aromatic carbocycles. The molecule has 0 amide bonds. The van der Waals surface area contributed by atoms with Crippen LogP contribution in [-0.2, 0) is 4.74 Å². The SMILES string of the molecule is COc1ncccc1C(=O)C1CCCOC1. The molecule has 0 radical (unpaired) electrons. The fourth-order valence-corrected chi connectivity index (χ4v) is 1.91. The van der Waals surface area contributed by atoms with Gasteiger partial charge >= 0.3 is 0 Å². The summed E-state index contributed by atoms with van der Waals surface area (Å²) in [6, 6.07) is 3.50. The quantitative estimate of drug-likeness (QED) is 0.729. The van der Waals surface area contributed by atoms with Crippen LogP contribution in [0.4, 0.5) is 0 Å². The van der Waals surface area contributed by atoms with E-state index in [2.05, 4.69) is 4.98 Å². The summed E-state index contributed by atoms with van der Waals surface area (Å²) >= 11 is 0. The molecule has 0 spiro atoms. The molecule has 0 N–H and O–H groups in total. The second-order valence-electron chi connectivity index (χ2n) is 3.84. The Morgan fingerprint density at radius 1 is 1.62 bits per heavy atom. The first-order valence-electron chi connectivity index (χ1n) is 5.44. The van der Waals surface area contributed by atoms with E-state index in [0.29, 0.717) is 18.1 Å². The molecule has 16 heavy (non-hydrogen) atoms. The first-order chi connectivity index (χ1) is 7.83. The highest BCUT2D eigenvalue weighted by molar-refractivity contribution is 5.99. The third-order valence-electron chi connectivity index (χ3n) is 2.76. The molecule has 4 nitrogen and oxygen atoms in total. The van der Waals surface area contributed by atoms with Gasteiger partial charge in [0.15, 0.2) is 5.78 Å². The summed E-state index contributed by atoms with van der Waals surface area (Å²) in [5.74, 6) is 0.426. The van der Waals surface area contributed by atoms with Crippen LogP contribution < -0.4 is 4.74 Å². The van der Waals surface area contributed by atoms with Gasteiger partial charge in [0, 0.05) is 18.7 Å². The Morgan fingerprint density at radius 2 is 2.50 bits per heavy atom. The average molecular weight is 221 g/mol. The maximum Gasteiger partial charge on any atom is 0.224 e. The number of hydrogen-bond donors (Lipinski definition) is 0. The van der Waals surface area contributed by atoms with E-state index in [-0.39, 0.29) is 11.7 Å². The highest BCUT2D eigenvalue weighted by Gasteiger charge is 2.25. The summed E-state index contributed by atoms with van der Waals surface area (Å²) in [6.07, 6.45) is 3.45. The van der Waals surface area contributed by atoms with Crippen LogP contribution in [0, 0.1) is 5.92 Å². The lowest BCUT2D eigenvalue weighted by atomic mass is 9.93. The largest absolute Gasteiger partial charge is 0.480 e. The molecule has 1 aliphatic heterocycles. The minimum Gasteiger partial charge on any atom is -0.480 e. The zero-order valence-electron chi connectivity index (χ0n) is 9.31. The minimum absolute atomic E-state index is 0.0492. The van der Waals surface area contributed by atoms with Crippen LogP contribution in [0.5, 0.6) is 5.88 Å². The highest BCUT2D eigenvalue weighted by atomic mass is 16.5. The topological polar surface area (TPSA) is 48.4 Å². The van der Waals surface area contributed by atoms with Crippen LogP contribution in [0.3, 0.4) is 0 Å². The van der Waals surface area contributed by atoms with E-state index in [1.54, 1.807) is 18.3 Å². The van der Waals surface area contributed by atoms with Crippen molar-refractivity contribution in [3.63, 3.8) is 0 Å². The van der Waals surface area contributed by atoms with Gasteiger partial charge in [0.2, 0.25) is 5.88 Å². The number of pyridine rings is 1. The standard InChI is InChI=1S/C12H15NO3/c1-15-12-10(5-2-6-13-12)11(14)9-4-3-7-16-8-9/h2,5-6,9H,3-4,7-8H2,1H3. The number of nitrogens with zero attached hydrogens (tertiary/aromatic N) is 1. The van der Waals surface area contributed by atoms with Crippen molar-refractivity contribution in [3.8, 4) is 5.88 Å². The van der Waals surface area contributed by atoms with Crippen molar-refractivity contribution in [3.05, 3.63) is 23.9 Å². The van der Waals surface area contributed by atoms with Crippen LogP contribution in [0.15, 0.2) is 18.3 Å². The number of ether oxygens (including phenoxy) is 2. The molecule has 1 fully saturated rings. The molecule has 1 atom stereocenters. The fraction of sp³-hybridized carbons (Fsp3) is 0.500. The predicted octanol–water partition coefficient (Wildman–Crippen LogP) is 1.70. The molecule has 1 aromatic heterocycles. The Morgan fingerprint density at radius 3 is 3.19 bits per heavy atom. The molecule has 2 heterocycles. The van der Waals surface area contributed by atoms with E-state index in [1.807, 2.05) is 0 Å². The lowest BCUT2D eigenvalue weighted by Gasteiger charge is -2.21. The number of aromatic nitrogens is 1. The Labute approximate surface area is 94.6 Å². The van der Waals surface area contributed by atoms with E-state index in [9.17, 15) is 4.79 Å². The normalized spacial score (nSPS) is 20.4. The van der Waals surface area contributed by atoms with Gasteiger partial charge in [-0.05, 0) is 25.0 Å². The molecule has 1 aromatic rings. The number of methoxy groups -OCH3 is 1. The Balaban J connectivity index is 2.19. The maximum absolute atomic E-state index is 12.2. The van der Waals surface area contributed by atoms with E-state index >= 15 is 0 Å². The number of hydrogen-bond acceptors (Lipinski definition) is 4. The van der Waals surface area contributed by atoms with Gasteiger partial charge in [0.05, 0.1) is 19.3 Å². The molecule has 1 saturated heterocycles. The van der Waals surface area contributed by atoms with Gasteiger partial charge in [-0.1, -0.05) is 0 Å².